The molecule has 0 atom stereocenters. The topological polar surface area (TPSA) is 46.2 Å². The molecule has 0 aliphatic carbocycles. The van der Waals surface area contributed by atoms with Crippen LogP contribution in [0.2, 0.25) is 0 Å². The Hall–Kier alpha value is -1.19. The molecule has 0 heterocycles. The van der Waals surface area contributed by atoms with Gasteiger partial charge in [0.05, 0.1) is 0 Å². The van der Waals surface area contributed by atoms with Crippen LogP contribution in [0.1, 0.15) is 10.4 Å². The molecule has 0 bridgehead atoms. The summed E-state index contributed by atoms with van der Waals surface area (Å²) in [5, 5.41) is 9.59. The molecule has 11 heavy (non-hydrogen) atoms. The average molecular weight is 151 g/mol. The lowest BCUT2D eigenvalue weighted by Crippen LogP contribution is -2.05. The van der Waals surface area contributed by atoms with Crippen molar-refractivity contribution in [2.75, 3.05) is 6.61 Å². The summed E-state index contributed by atoms with van der Waals surface area (Å²) < 4.78 is 0. The fourth-order valence-corrected chi connectivity index (χ4v) is 0.761. The smallest absolute Gasteiger partial charge is 0.191 e. The van der Waals surface area contributed by atoms with E-state index in [4.69, 9.17) is 0 Å². The van der Waals surface area contributed by atoms with E-state index in [0.717, 1.165) is 0 Å². The first-order valence-corrected chi connectivity index (χ1v) is 3.17. The van der Waals surface area contributed by atoms with Gasteiger partial charge in [0, 0.05) is 5.56 Å². The first-order chi connectivity index (χ1) is 5.34. The number of Topliss-reactive ketones (excluding diaryl/α,β-unsaturated/α-hetero) is 1. The van der Waals surface area contributed by atoms with Crippen LogP contribution in [0.15, 0.2) is 30.3 Å². The summed E-state index contributed by atoms with van der Waals surface area (Å²) in [4.78, 5) is 14.4. The van der Waals surface area contributed by atoms with Crippen molar-refractivity contribution in [3.8, 4) is 0 Å². The molecule has 0 aromatic heterocycles. The van der Waals surface area contributed by atoms with Gasteiger partial charge < -0.3 is 0 Å². The van der Waals surface area contributed by atoms with Gasteiger partial charge in [-0.1, -0.05) is 30.3 Å². The second-order valence-electron chi connectivity index (χ2n) is 2.05. The molecule has 3 heteroatoms. The Balaban J connectivity index is 2.69. The predicted molar refractivity (Wildman–Crippen MR) is 37.4 cm³/mol. The van der Waals surface area contributed by atoms with Crippen LogP contribution in [0.5, 0.6) is 0 Å². The maximum absolute atomic E-state index is 10.9. The Bertz CT molecular complexity index is 230. The molecule has 1 rings (SSSR count). The second kappa shape index (κ2) is 3.85. The Labute approximate surface area is 64.2 Å². The molecule has 0 unspecified atom stereocenters. The lowest BCUT2D eigenvalue weighted by molar-refractivity contribution is -0.293. The summed E-state index contributed by atoms with van der Waals surface area (Å²) in [7, 11) is 0. The zero-order chi connectivity index (χ0) is 8.10. The molecule has 1 aromatic rings. The Morgan fingerprint density at radius 1 is 1.27 bits per heavy atom. The minimum absolute atomic E-state index is 0.291. The number of benzene rings is 1. The monoisotopic (exact) mass is 151 g/mol. The summed E-state index contributed by atoms with van der Waals surface area (Å²) in [6, 6.07) is 8.55. The molecule has 0 saturated heterocycles. The number of carbonyl (C=O) groups is 1. The predicted octanol–water partition coefficient (Wildman–Crippen LogP) is 1.23. The molecule has 0 spiro atoms. The van der Waals surface area contributed by atoms with Crippen LogP contribution in [-0.2, 0) is 10.1 Å². The highest BCUT2D eigenvalue weighted by Crippen LogP contribution is 1.99. The van der Waals surface area contributed by atoms with Crippen LogP contribution in [0, 0.1) is 0 Å². The van der Waals surface area contributed by atoms with Crippen LogP contribution < -0.4 is 0 Å². The van der Waals surface area contributed by atoms with Gasteiger partial charge in [-0.15, -0.1) is 0 Å². The van der Waals surface area contributed by atoms with Crippen molar-refractivity contribution in [3.05, 3.63) is 35.9 Å². The summed E-state index contributed by atoms with van der Waals surface area (Å²) in [5.41, 5.74) is 0.503. The third-order valence-corrected chi connectivity index (χ3v) is 1.29. The van der Waals surface area contributed by atoms with Gasteiger partial charge in [-0.05, 0) is 5.26 Å². The first kappa shape index (κ1) is 7.91. The highest BCUT2D eigenvalue weighted by molar-refractivity contribution is 5.96. The molecule has 1 aromatic carbocycles. The van der Waals surface area contributed by atoms with E-state index in [2.05, 4.69) is 4.89 Å². The summed E-state index contributed by atoms with van der Waals surface area (Å²) >= 11 is 0. The van der Waals surface area contributed by atoms with Crippen molar-refractivity contribution in [1.82, 2.24) is 0 Å². The molecule has 0 aliphatic heterocycles. The van der Waals surface area contributed by atoms with Gasteiger partial charge in [-0.2, -0.15) is 4.89 Å². The first-order valence-electron chi connectivity index (χ1n) is 3.17. The molecule has 0 amide bonds. The molecule has 0 fully saturated rings. The van der Waals surface area contributed by atoms with Crippen molar-refractivity contribution in [3.63, 3.8) is 0 Å². The lowest BCUT2D eigenvalue weighted by atomic mass is 10.1. The molecular formula is C8H7O3. The van der Waals surface area contributed by atoms with Crippen molar-refractivity contribution in [2.24, 2.45) is 0 Å². The van der Waals surface area contributed by atoms with Gasteiger partial charge in [0.1, 0.15) is 6.61 Å². The van der Waals surface area contributed by atoms with E-state index in [-0.39, 0.29) is 5.78 Å². The maximum Gasteiger partial charge on any atom is 0.191 e. The van der Waals surface area contributed by atoms with Gasteiger partial charge in [0.2, 0.25) is 0 Å². The zero-order valence-electron chi connectivity index (χ0n) is 5.82. The largest absolute Gasteiger partial charge is 0.291 e. The SMILES string of the molecule is [O]OCC(=O)c1ccccc1. The third kappa shape index (κ3) is 2.14. The number of hydrogen-bond acceptors (Lipinski definition) is 2. The number of ketones is 1. The summed E-state index contributed by atoms with van der Waals surface area (Å²) in [6.07, 6.45) is 0. The molecular weight excluding hydrogens is 144 g/mol. The quantitative estimate of drug-likeness (QED) is 0.370. The van der Waals surface area contributed by atoms with Crippen molar-refractivity contribution < 1.29 is 14.9 Å². The maximum atomic E-state index is 10.9. The van der Waals surface area contributed by atoms with Crippen molar-refractivity contribution in [1.29, 1.82) is 0 Å². The van der Waals surface area contributed by atoms with E-state index in [1.807, 2.05) is 0 Å². The van der Waals surface area contributed by atoms with Crippen LogP contribution in [0.4, 0.5) is 0 Å². The van der Waals surface area contributed by atoms with Crippen LogP contribution in [0.3, 0.4) is 0 Å². The lowest BCUT2D eigenvalue weighted by Gasteiger charge is -1.94. The van der Waals surface area contributed by atoms with E-state index in [9.17, 15) is 10.1 Å². The highest BCUT2D eigenvalue weighted by Gasteiger charge is 2.03. The fraction of sp³-hybridized carbons (Fsp3) is 0.125. The van der Waals surface area contributed by atoms with Gasteiger partial charge in [-0.25, -0.2) is 0 Å². The van der Waals surface area contributed by atoms with Crippen molar-refractivity contribution >= 4 is 5.78 Å². The van der Waals surface area contributed by atoms with Gasteiger partial charge in [0.25, 0.3) is 0 Å². The van der Waals surface area contributed by atoms with E-state index in [1.165, 1.54) is 0 Å². The minimum atomic E-state index is -0.399. The van der Waals surface area contributed by atoms with E-state index in [1.54, 1.807) is 30.3 Å². The third-order valence-electron chi connectivity index (χ3n) is 1.29. The minimum Gasteiger partial charge on any atom is -0.291 e. The molecule has 1 radical (unpaired) electrons. The molecule has 3 nitrogen and oxygen atoms in total. The normalized spacial score (nSPS) is 9.55. The van der Waals surface area contributed by atoms with Gasteiger partial charge in [-0.3, -0.25) is 4.79 Å². The van der Waals surface area contributed by atoms with Gasteiger partial charge >= 0.3 is 0 Å². The average Bonchev–Trinajstić information content (AvgIpc) is 2.07. The number of carbonyl (C=O) groups excluding carboxylic acids is 1. The fourth-order valence-electron chi connectivity index (χ4n) is 0.761. The van der Waals surface area contributed by atoms with Crippen LogP contribution >= 0.6 is 0 Å². The van der Waals surface area contributed by atoms with Crippen LogP contribution in [-0.4, -0.2) is 12.4 Å². The zero-order valence-corrected chi connectivity index (χ0v) is 5.82. The second-order valence-corrected chi connectivity index (χ2v) is 2.05. The highest BCUT2D eigenvalue weighted by atomic mass is 17.1. The summed E-state index contributed by atoms with van der Waals surface area (Å²) in [6.45, 7) is -0.399. The Morgan fingerprint density at radius 3 is 2.45 bits per heavy atom. The van der Waals surface area contributed by atoms with Crippen LogP contribution in [0.25, 0.3) is 0 Å². The molecule has 0 aliphatic rings. The standard InChI is InChI=1S/C8H7O3/c9-8(6-11-10)7-4-2-1-3-5-7/h1-5H,6H2. The van der Waals surface area contributed by atoms with E-state index >= 15 is 0 Å². The van der Waals surface area contributed by atoms with E-state index in [0.29, 0.717) is 5.56 Å². The molecule has 0 saturated carbocycles. The molecule has 57 valence electrons. The molecule has 0 N–H and O–H groups in total. The van der Waals surface area contributed by atoms with E-state index < -0.39 is 6.61 Å². The Kier molecular flexibility index (Phi) is 2.77. The Morgan fingerprint density at radius 2 is 1.91 bits per heavy atom. The number of hydrogen-bond donors (Lipinski definition) is 0. The number of rotatable bonds is 3. The van der Waals surface area contributed by atoms with Crippen molar-refractivity contribution in [2.45, 2.75) is 0 Å². The van der Waals surface area contributed by atoms with Gasteiger partial charge in [0.15, 0.2) is 5.78 Å². The summed E-state index contributed by atoms with van der Waals surface area (Å²) in [5.74, 6) is -0.291.